The number of hydrogen-bond acceptors (Lipinski definition) is 6. The Balaban J connectivity index is 1.85. The standard InChI is InChI=1S/C23H23F2N5O2/c1-29-21(32)23(28-22(29)26,17-12-18(14-31)30(13-17)10-4-8-24)16-6-2-5-15(11-16)19-7-3-9-27-20(19)25/h2-3,5-7,9,11,13-14,18H,4,8,10,12H2,1H3,(H2,26,28). The summed E-state index contributed by atoms with van der Waals surface area (Å²) in [5.41, 5.74) is 6.44. The molecule has 2 N–H and O–H groups in total. The van der Waals surface area contributed by atoms with E-state index in [2.05, 4.69) is 9.98 Å². The van der Waals surface area contributed by atoms with Crippen LogP contribution in [0.25, 0.3) is 11.1 Å². The van der Waals surface area contributed by atoms with Crippen LogP contribution in [0.1, 0.15) is 18.4 Å². The number of likely N-dealkylation sites (N-methyl/N-ethyl adjacent to an activating group) is 1. The first-order valence-corrected chi connectivity index (χ1v) is 10.3. The Morgan fingerprint density at radius 1 is 1.31 bits per heavy atom. The molecule has 0 spiro atoms. The molecule has 2 atom stereocenters. The van der Waals surface area contributed by atoms with Crippen LogP contribution in [-0.4, -0.2) is 59.2 Å². The molecule has 2 aliphatic heterocycles. The minimum absolute atomic E-state index is 0.0405. The van der Waals surface area contributed by atoms with Gasteiger partial charge in [0.1, 0.15) is 6.29 Å². The summed E-state index contributed by atoms with van der Waals surface area (Å²) in [5, 5.41) is 0. The van der Waals surface area contributed by atoms with Crippen LogP contribution in [-0.2, 0) is 15.1 Å². The van der Waals surface area contributed by atoms with Crippen LogP contribution in [0.5, 0.6) is 0 Å². The highest BCUT2D eigenvalue weighted by Gasteiger charge is 2.53. The van der Waals surface area contributed by atoms with E-state index in [4.69, 9.17) is 5.73 Å². The lowest BCUT2D eigenvalue weighted by atomic mass is 9.80. The number of nitrogens with zero attached hydrogens (tertiary/aromatic N) is 4. The average molecular weight is 439 g/mol. The number of guanidine groups is 1. The maximum atomic E-state index is 14.3. The van der Waals surface area contributed by atoms with E-state index in [1.165, 1.54) is 18.1 Å². The van der Waals surface area contributed by atoms with Gasteiger partial charge < -0.3 is 15.4 Å². The number of aromatic nitrogens is 1. The number of hydrogen-bond donors (Lipinski definition) is 1. The van der Waals surface area contributed by atoms with Gasteiger partial charge in [0.15, 0.2) is 11.5 Å². The first kappa shape index (κ1) is 21.6. The Bertz CT molecular complexity index is 1120. The lowest BCUT2D eigenvalue weighted by molar-refractivity contribution is -0.129. The number of benzene rings is 1. The number of amides is 1. The number of aldehydes is 1. The molecule has 166 valence electrons. The van der Waals surface area contributed by atoms with Crippen molar-refractivity contribution in [3.8, 4) is 11.1 Å². The van der Waals surface area contributed by atoms with Crippen LogP contribution in [0.15, 0.2) is 59.4 Å². The van der Waals surface area contributed by atoms with E-state index in [0.717, 1.165) is 6.29 Å². The molecule has 0 saturated carbocycles. The van der Waals surface area contributed by atoms with Gasteiger partial charge in [0, 0.05) is 38.0 Å². The number of rotatable bonds is 7. The molecular weight excluding hydrogens is 416 g/mol. The lowest BCUT2D eigenvalue weighted by Gasteiger charge is -2.27. The Hall–Kier alpha value is -3.62. The summed E-state index contributed by atoms with van der Waals surface area (Å²) >= 11 is 0. The quantitative estimate of drug-likeness (QED) is 0.528. The maximum Gasteiger partial charge on any atom is 0.266 e. The van der Waals surface area contributed by atoms with E-state index >= 15 is 0 Å². The molecule has 0 radical (unpaired) electrons. The van der Waals surface area contributed by atoms with Gasteiger partial charge in [0.05, 0.1) is 12.7 Å². The smallest absolute Gasteiger partial charge is 0.266 e. The molecule has 2 unspecified atom stereocenters. The van der Waals surface area contributed by atoms with Crippen molar-refractivity contribution in [2.75, 3.05) is 20.3 Å². The third kappa shape index (κ3) is 3.43. The zero-order valence-electron chi connectivity index (χ0n) is 17.5. The molecule has 0 aliphatic carbocycles. The predicted molar refractivity (Wildman–Crippen MR) is 116 cm³/mol. The molecule has 0 fully saturated rings. The van der Waals surface area contributed by atoms with Crippen molar-refractivity contribution in [2.45, 2.75) is 24.4 Å². The fourth-order valence-electron chi connectivity index (χ4n) is 4.27. The average Bonchev–Trinajstić information content (AvgIpc) is 3.33. The zero-order valence-corrected chi connectivity index (χ0v) is 17.5. The van der Waals surface area contributed by atoms with Gasteiger partial charge in [-0.05, 0) is 41.3 Å². The molecule has 0 bridgehead atoms. The molecule has 1 aromatic carbocycles. The van der Waals surface area contributed by atoms with E-state index in [-0.39, 0.29) is 30.3 Å². The maximum absolute atomic E-state index is 14.3. The SMILES string of the molecule is CN1C(=O)C(C2=CN(CCCF)C(C=O)C2)(c2cccc(-c3cccnc3F)c2)N=C1N. The second kappa shape index (κ2) is 8.49. The third-order valence-corrected chi connectivity index (χ3v) is 5.94. The second-order valence-electron chi connectivity index (χ2n) is 7.81. The highest BCUT2D eigenvalue weighted by Crippen LogP contribution is 2.45. The molecule has 2 aliphatic rings. The Morgan fingerprint density at radius 2 is 2.12 bits per heavy atom. The van der Waals surface area contributed by atoms with Gasteiger partial charge in [-0.3, -0.25) is 14.1 Å². The second-order valence-corrected chi connectivity index (χ2v) is 7.81. The van der Waals surface area contributed by atoms with Gasteiger partial charge in [-0.25, -0.2) is 9.98 Å². The van der Waals surface area contributed by atoms with Crippen LogP contribution in [0.3, 0.4) is 0 Å². The molecule has 1 amide bonds. The molecule has 1 aromatic heterocycles. The summed E-state index contributed by atoms with van der Waals surface area (Å²) in [6.07, 6.45) is 4.36. The van der Waals surface area contributed by atoms with Crippen LogP contribution in [0.2, 0.25) is 0 Å². The summed E-state index contributed by atoms with van der Waals surface area (Å²) in [5.74, 6) is -0.962. The van der Waals surface area contributed by atoms with Crippen molar-refractivity contribution >= 4 is 18.2 Å². The van der Waals surface area contributed by atoms with E-state index < -0.39 is 24.2 Å². The van der Waals surface area contributed by atoms with E-state index in [1.807, 2.05) is 0 Å². The summed E-state index contributed by atoms with van der Waals surface area (Å²) in [6.45, 7) is -0.175. The van der Waals surface area contributed by atoms with Crippen LogP contribution >= 0.6 is 0 Å². The number of pyridine rings is 1. The van der Waals surface area contributed by atoms with Crippen molar-refractivity contribution in [3.63, 3.8) is 0 Å². The molecule has 2 aromatic rings. The van der Waals surface area contributed by atoms with Crippen LogP contribution in [0.4, 0.5) is 8.78 Å². The van der Waals surface area contributed by atoms with Crippen LogP contribution in [0, 0.1) is 5.95 Å². The summed E-state index contributed by atoms with van der Waals surface area (Å²) in [7, 11) is 1.53. The topological polar surface area (TPSA) is 91.9 Å². The normalized spacial score (nSPS) is 22.8. The number of nitrogens with two attached hydrogens (primary N) is 1. The highest BCUT2D eigenvalue weighted by molar-refractivity contribution is 6.09. The largest absolute Gasteiger partial charge is 0.369 e. The minimum Gasteiger partial charge on any atom is -0.369 e. The van der Waals surface area contributed by atoms with Gasteiger partial charge in [0.2, 0.25) is 5.95 Å². The highest BCUT2D eigenvalue weighted by atomic mass is 19.1. The molecular formula is C23H23F2N5O2. The Labute approximate surface area is 184 Å². The molecule has 0 saturated heterocycles. The number of aliphatic imine (C=N–C) groups is 1. The fourth-order valence-corrected chi connectivity index (χ4v) is 4.27. The van der Waals surface area contributed by atoms with E-state index in [1.54, 1.807) is 47.5 Å². The molecule has 32 heavy (non-hydrogen) atoms. The number of carbonyl (C=O) groups is 2. The molecule has 3 heterocycles. The third-order valence-electron chi connectivity index (χ3n) is 5.94. The first-order chi connectivity index (χ1) is 15.4. The monoisotopic (exact) mass is 439 g/mol. The Morgan fingerprint density at radius 3 is 2.78 bits per heavy atom. The summed E-state index contributed by atoms with van der Waals surface area (Å²) < 4.78 is 27.1. The summed E-state index contributed by atoms with van der Waals surface area (Å²) in [4.78, 5) is 36.4. The number of carbonyl (C=O) groups excluding carboxylic acids is 2. The molecule has 7 nitrogen and oxygen atoms in total. The van der Waals surface area contributed by atoms with Gasteiger partial charge in [-0.1, -0.05) is 18.2 Å². The lowest BCUT2D eigenvalue weighted by Crippen LogP contribution is -2.41. The number of alkyl halides is 1. The minimum atomic E-state index is -1.49. The molecule has 4 rings (SSSR count). The van der Waals surface area contributed by atoms with Crippen molar-refractivity contribution in [3.05, 3.63) is 65.9 Å². The molecule has 9 heteroatoms. The fraction of sp³-hybridized carbons (Fsp3) is 0.304. The van der Waals surface area contributed by atoms with Gasteiger partial charge in [0.25, 0.3) is 5.91 Å². The van der Waals surface area contributed by atoms with Crippen molar-refractivity contribution in [1.82, 2.24) is 14.8 Å². The first-order valence-electron chi connectivity index (χ1n) is 10.3. The van der Waals surface area contributed by atoms with Gasteiger partial charge in [-0.2, -0.15) is 4.39 Å². The van der Waals surface area contributed by atoms with E-state index in [9.17, 15) is 18.4 Å². The predicted octanol–water partition coefficient (Wildman–Crippen LogP) is 2.39. The summed E-state index contributed by atoms with van der Waals surface area (Å²) in [6, 6.07) is 9.55. The van der Waals surface area contributed by atoms with Crippen molar-refractivity contribution in [1.29, 1.82) is 0 Å². The van der Waals surface area contributed by atoms with Crippen molar-refractivity contribution in [2.24, 2.45) is 10.7 Å². The Kier molecular flexibility index (Phi) is 5.73. The zero-order chi connectivity index (χ0) is 22.9. The van der Waals surface area contributed by atoms with Gasteiger partial charge >= 0.3 is 0 Å². The van der Waals surface area contributed by atoms with Gasteiger partial charge in [-0.15, -0.1) is 0 Å². The number of halogens is 2. The van der Waals surface area contributed by atoms with Crippen LogP contribution < -0.4 is 5.73 Å². The van der Waals surface area contributed by atoms with E-state index in [0.29, 0.717) is 23.2 Å². The van der Waals surface area contributed by atoms with Crippen molar-refractivity contribution < 1.29 is 18.4 Å².